The van der Waals surface area contributed by atoms with Crippen molar-refractivity contribution < 1.29 is 9.53 Å². The van der Waals surface area contributed by atoms with Gasteiger partial charge in [0.25, 0.3) is 0 Å². The van der Waals surface area contributed by atoms with Crippen molar-refractivity contribution in [2.45, 2.75) is 51.2 Å². The second-order valence-electron chi connectivity index (χ2n) is 7.78. The third-order valence-electron chi connectivity index (χ3n) is 6.15. The van der Waals surface area contributed by atoms with Crippen LogP contribution in [0.2, 0.25) is 0 Å². The maximum absolute atomic E-state index is 12.4. The van der Waals surface area contributed by atoms with E-state index in [9.17, 15) is 4.79 Å². The van der Waals surface area contributed by atoms with E-state index >= 15 is 0 Å². The number of ether oxygens (including phenoxy) is 1. The zero-order valence-electron chi connectivity index (χ0n) is 13.4. The van der Waals surface area contributed by atoms with E-state index in [1.165, 1.54) is 5.56 Å². The van der Waals surface area contributed by atoms with Gasteiger partial charge in [0.05, 0.1) is 18.1 Å². The van der Waals surface area contributed by atoms with Gasteiger partial charge >= 0.3 is 0 Å². The highest BCUT2D eigenvalue weighted by Gasteiger charge is 2.58. The maximum Gasteiger partial charge on any atom is 0.225 e. The number of fused-ring (bicyclic) bond motifs is 2. The van der Waals surface area contributed by atoms with Gasteiger partial charge in [-0.3, -0.25) is 4.79 Å². The molecular formula is C19H25NO2. The number of nitrogens with one attached hydrogen (secondary N) is 1. The van der Waals surface area contributed by atoms with E-state index in [4.69, 9.17) is 4.74 Å². The lowest BCUT2D eigenvalue weighted by Crippen LogP contribution is -2.37. The molecule has 1 aromatic carbocycles. The highest BCUT2D eigenvalue weighted by molar-refractivity contribution is 5.79. The number of carbonyl (C=O) groups is 1. The van der Waals surface area contributed by atoms with Crippen molar-refractivity contribution in [3.8, 4) is 0 Å². The fourth-order valence-electron chi connectivity index (χ4n) is 4.70. The van der Waals surface area contributed by atoms with Crippen LogP contribution in [-0.2, 0) is 9.53 Å². The number of hydrogen-bond acceptors (Lipinski definition) is 2. The van der Waals surface area contributed by atoms with E-state index in [1.54, 1.807) is 0 Å². The summed E-state index contributed by atoms with van der Waals surface area (Å²) in [4.78, 5) is 12.4. The van der Waals surface area contributed by atoms with Crippen LogP contribution >= 0.6 is 0 Å². The number of rotatable bonds is 4. The van der Waals surface area contributed by atoms with E-state index in [2.05, 4.69) is 49.5 Å². The first-order valence-corrected chi connectivity index (χ1v) is 8.55. The van der Waals surface area contributed by atoms with Crippen molar-refractivity contribution in [2.24, 2.45) is 17.3 Å². The summed E-state index contributed by atoms with van der Waals surface area (Å²) in [5.74, 6) is 1.40. The lowest BCUT2D eigenvalue weighted by Gasteiger charge is -2.18. The molecule has 1 saturated carbocycles. The summed E-state index contributed by atoms with van der Waals surface area (Å²) < 4.78 is 5.80. The second-order valence-corrected chi connectivity index (χ2v) is 7.78. The molecule has 0 radical (unpaired) electrons. The van der Waals surface area contributed by atoms with Gasteiger partial charge in [-0.1, -0.05) is 44.2 Å². The number of carbonyl (C=O) groups excluding carboxylic acids is 1. The smallest absolute Gasteiger partial charge is 0.225 e. The molecule has 3 heteroatoms. The van der Waals surface area contributed by atoms with Crippen LogP contribution in [0.15, 0.2) is 30.3 Å². The lowest BCUT2D eigenvalue weighted by molar-refractivity contribution is -0.126. The van der Waals surface area contributed by atoms with Crippen LogP contribution in [0.1, 0.15) is 44.6 Å². The Bertz CT molecular complexity index is 568. The van der Waals surface area contributed by atoms with Crippen LogP contribution in [0.5, 0.6) is 0 Å². The third kappa shape index (κ3) is 2.26. The minimum absolute atomic E-state index is 0.0933. The number of hydrogen-bond donors (Lipinski definition) is 1. The van der Waals surface area contributed by atoms with Crippen LogP contribution in [0.25, 0.3) is 0 Å². The van der Waals surface area contributed by atoms with Crippen molar-refractivity contribution >= 4 is 5.91 Å². The highest BCUT2D eigenvalue weighted by Crippen LogP contribution is 2.64. The minimum Gasteiger partial charge on any atom is -0.374 e. The van der Waals surface area contributed by atoms with Crippen LogP contribution in [0.3, 0.4) is 0 Å². The molecule has 118 valence electrons. The Labute approximate surface area is 132 Å². The van der Waals surface area contributed by atoms with Crippen LogP contribution < -0.4 is 5.32 Å². The van der Waals surface area contributed by atoms with Crippen molar-refractivity contribution in [1.82, 2.24) is 5.32 Å². The zero-order valence-corrected chi connectivity index (χ0v) is 13.4. The Morgan fingerprint density at radius 3 is 2.68 bits per heavy atom. The molecule has 2 aliphatic heterocycles. The Balaban J connectivity index is 1.35. The summed E-state index contributed by atoms with van der Waals surface area (Å²) >= 11 is 0. The molecule has 1 aliphatic carbocycles. The van der Waals surface area contributed by atoms with Crippen LogP contribution in [0, 0.1) is 17.3 Å². The molecule has 3 fully saturated rings. The van der Waals surface area contributed by atoms with Gasteiger partial charge in [0.15, 0.2) is 0 Å². The molecular weight excluding hydrogens is 274 g/mol. The molecule has 0 unspecified atom stereocenters. The third-order valence-corrected chi connectivity index (χ3v) is 6.15. The van der Waals surface area contributed by atoms with Gasteiger partial charge < -0.3 is 10.1 Å². The van der Waals surface area contributed by atoms with Gasteiger partial charge in [0.1, 0.15) is 0 Å². The molecule has 5 atom stereocenters. The standard InChI is InChI=1S/C19H25NO2/c1-19(2)15(17(19)12-6-4-3-5-7-12)11-20-18(21)14-10-13-8-9-16(14)22-13/h3-7,13-17H,8-11H2,1-2H3,(H,20,21)/t13-,14+,15-,16-,17+/m1/s1. The van der Waals surface area contributed by atoms with E-state index in [0.717, 1.165) is 25.8 Å². The molecule has 22 heavy (non-hydrogen) atoms. The Kier molecular flexibility index (Phi) is 3.30. The summed E-state index contributed by atoms with van der Waals surface area (Å²) in [5, 5.41) is 3.21. The monoisotopic (exact) mass is 299 g/mol. The van der Waals surface area contributed by atoms with Gasteiger partial charge in [-0.25, -0.2) is 0 Å². The average Bonchev–Trinajstić information content (AvgIpc) is 2.92. The lowest BCUT2D eigenvalue weighted by atomic mass is 9.88. The summed E-state index contributed by atoms with van der Waals surface area (Å²) in [7, 11) is 0. The molecule has 1 aromatic rings. The summed E-state index contributed by atoms with van der Waals surface area (Å²) in [6.45, 7) is 5.41. The fourth-order valence-corrected chi connectivity index (χ4v) is 4.70. The first-order chi connectivity index (χ1) is 10.6. The van der Waals surface area contributed by atoms with E-state index < -0.39 is 0 Å². The largest absolute Gasteiger partial charge is 0.374 e. The van der Waals surface area contributed by atoms with Gasteiger partial charge in [0.2, 0.25) is 5.91 Å². The van der Waals surface area contributed by atoms with Crippen molar-refractivity contribution in [3.63, 3.8) is 0 Å². The average molecular weight is 299 g/mol. The van der Waals surface area contributed by atoms with Crippen LogP contribution in [-0.4, -0.2) is 24.7 Å². The topological polar surface area (TPSA) is 38.3 Å². The highest BCUT2D eigenvalue weighted by atomic mass is 16.5. The van der Waals surface area contributed by atoms with Gasteiger partial charge in [-0.05, 0) is 42.1 Å². The molecule has 2 saturated heterocycles. The Hall–Kier alpha value is -1.35. The molecule has 3 nitrogen and oxygen atoms in total. The predicted octanol–water partition coefficient (Wildman–Crippen LogP) is 3.11. The first kappa shape index (κ1) is 14.3. The maximum atomic E-state index is 12.4. The molecule has 4 rings (SSSR count). The Morgan fingerprint density at radius 1 is 1.27 bits per heavy atom. The molecule has 1 N–H and O–H groups in total. The van der Waals surface area contributed by atoms with Gasteiger partial charge in [-0.15, -0.1) is 0 Å². The minimum atomic E-state index is 0.0933. The SMILES string of the molecule is CC1(C)[C@H](CNC(=O)[C@H]2C[C@H]3CC[C@H]2O3)[C@@H]1c1ccccc1. The molecule has 3 aliphatic rings. The zero-order chi connectivity index (χ0) is 15.3. The van der Waals surface area contributed by atoms with E-state index in [1.807, 2.05) is 0 Å². The number of amides is 1. The fraction of sp³-hybridized carbons (Fsp3) is 0.632. The molecule has 2 heterocycles. The first-order valence-electron chi connectivity index (χ1n) is 8.55. The summed E-state index contributed by atoms with van der Waals surface area (Å²) in [6, 6.07) is 10.7. The molecule has 0 spiro atoms. The Morgan fingerprint density at radius 2 is 2.05 bits per heavy atom. The van der Waals surface area contributed by atoms with Gasteiger partial charge in [0, 0.05) is 6.54 Å². The van der Waals surface area contributed by atoms with Gasteiger partial charge in [-0.2, -0.15) is 0 Å². The van der Waals surface area contributed by atoms with E-state index in [-0.39, 0.29) is 23.3 Å². The molecule has 1 amide bonds. The summed E-state index contributed by atoms with van der Waals surface area (Å²) in [6.07, 6.45) is 3.65. The molecule has 0 aromatic heterocycles. The van der Waals surface area contributed by atoms with E-state index in [0.29, 0.717) is 17.9 Å². The predicted molar refractivity (Wildman–Crippen MR) is 85.5 cm³/mol. The van der Waals surface area contributed by atoms with Crippen molar-refractivity contribution in [2.75, 3.05) is 6.54 Å². The van der Waals surface area contributed by atoms with Crippen molar-refractivity contribution in [3.05, 3.63) is 35.9 Å². The van der Waals surface area contributed by atoms with Crippen molar-refractivity contribution in [1.29, 1.82) is 0 Å². The summed E-state index contributed by atoms with van der Waals surface area (Å²) in [5.41, 5.74) is 1.68. The van der Waals surface area contributed by atoms with Crippen LogP contribution in [0.4, 0.5) is 0 Å². The number of benzene rings is 1. The molecule has 2 bridgehead atoms. The second kappa shape index (κ2) is 5.09. The quantitative estimate of drug-likeness (QED) is 0.927. The normalized spacial score (nSPS) is 38.0.